The molecule has 0 atom stereocenters. The Kier molecular flexibility index (Phi) is 2.16. The van der Waals surface area contributed by atoms with Crippen molar-refractivity contribution in [1.82, 2.24) is 9.55 Å². The lowest BCUT2D eigenvalue weighted by atomic mass is 10.2. The Labute approximate surface area is 91.1 Å². The Morgan fingerprint density at radius 1 is 1.60 bits per heavy atom. The van der Waals surface area contributed by atoms with Gasteiger partial charge in [0.05, 0.1) is 5.52 Å². The molecular formula is C10H9ClN2O2. The first kappa shape index (κ1) is 9.98. The minimum Gasteiger partial charge on any atom is -0.477 e. The SMILES string of the molecule is Cc1c(C(=O)O)n(C)c2c(Cl)nccc12. The highest BCUT2D eigenvalue weighted by Crippen LogP contribution is 2.28. The van der Waals surface area contributed by atoms with E-state index in [-0.39, 0.29) is 5.69 Å². The van der Waals surface area contributed by atoms with Gasteiger partial charge in [-0.15, -0.1) is 0 Å². The summed E-state index contributed by atoms with van der Waals surface area (Å²) in [4.78, 5) is 15.0. The molecule has 4 nitrogen and oxygen atoms in total. The monoisotopic (exact) mass is 224 g/mol. The largest absolute Gasteiger partial charge is 0.477 e. The molecule has 0 radical (unpaired) electrons. The number of aromatic nitrogens is 2. The average Bonchev–Trinajstić information content (AvgIpc) is 2.40. The highest BCUT2D eigenvalue weighted by atomic mass is 35.5. The Bertz CT molecular complexity index is 560. The van der Waals surface area contributed by atoms with Gasteiger partial charge in [-0.3, -0.25) is 0 Å². The number of aromatic carboxylic acids is 1. The molecule has 0 unspecified atom stereocenters. The molecule has 0 aliphatic carbocycles. The van der Waals surface area contributed by atoms with Crippen LogP contribution in [0.2, 0.25) is 5.15 Å². The lowest BCUT2D eigenvalue weighted by Gasteiger charge is -2.00. The summed E-state index contributed by atoms with van der Waals surface area (Å²) < 4.78 is 1.56. The fraction of sp³-hybridized carbons (Fsp3) is 0.200. The predicted molar refractivity (Wildman–Crippen MR) is 57.4 cm³/mol. The Balaban J connectivity index is 2.98. The quantitative estimate of drug-likeness (QED) is 0.756. The molecule has 2 rings (SSSR count). The van der Waals surface area contributed by atoms with Crippen molar-refractivity contribution in [3.05, 3.63) is 28.7 Å². The number of hydrogen-bond donors (Lipinski definition) is 1. The molecule has 0 amide bonds. The molecule has 0 spiro atoms. The van der Waals surface area contributed by atoms with Crippen LogP contribution in [-0.2, 0) is 7.05 Å². The van der Waals surface area contributed by atoms with Crippen molar-refractivity contribution in [1.29, 1.82) is 0 Å². The van der Waals surface area contributed by atoms with Crippen molar-refractivity contribution in [2.45, 2.75) is 6.92 Å². The first-order chi connectivity index (χ1) is 7.04. The number of hydrogen-bond acceptors (Lipinski definition) is 2. The van der Waals surface area contributed by atoms with Crippen molar-refractivity contribution in [3.63, 3.8) is 0 Å². The van der Waals surface area contributed by atoms with E-state index in [1.807, 2.05) is 0 Å². The standard InChI is InChI=1S/C10H9ClN2O2/c1-5-6-3-4-12-9(11)8(6)13(2)7(5)10(14)15/h3-4H,1-2H3,(H,14,15). The molecule has 5 heteroatoms. The molecule has 0 saturated heterocycles. The third-order valence-electron chi connectivity index (χ3n) is 2.51. The van der Waals surface area contributed by atoms with Gasteiger partial charge in [0.25, 0.3) is 0 Å². The first-order valence-electron chi connectivity index (χ1n) is 4.36. The number of pyridine rings is 1. The summed E-state index contributed by atoms with van der Waals surface area (Å²) in [5, 5.41) is 10.2. The first-order valence-corrected chi connectivity index (χ1v) is 4.74. The van der Waals surface area contributed by atoms with Gasteiger partial charge in [0.15, 0.2) is 5.15 Å². The van der Waals surface area contributed by atoms with Crippen molar-refractivity contribution in [2.75, 3.05) is 0 Å². The van der Waals surface area contributed by atoms with Gasteiger partial charge in [0.1, 0.15) is 5.69 Å². The van der Waals surface area contributed by atoms with Gasteiger partial charge in [0, 0.05) is 18.6 Å². The zero-order chi connectivity index (χ0) is 11.2. The molecule has 0 saturated carbocycles. The molecule has 0 aliphatic heterocycles. The zero-order valence-corrected chi connectivity index (χ0v) is 9.04. The van der Waals surface area contributed by atoms with Crippen LogP contribution >= 0.6 is 11.6 Å². The molecular weight excluding hydrogens is 216 g/mol. The minimum atomic E-state index is -0.956. The molecule has 78 valence electrons. The second-order valence-electron chi connectivity index (χ2n) is 3.34. The number of rotatable bonds is 1. The number of carbonyl (C=O) groups is 1. The van der Waals surface area contributed by atoms with Crippen molar-refractivity contribution >= 4 is 28.5 Å². The second-order valence-corrected chi connectivity index (χ2v) is 3.69. The van der Waals surface area contributed by atoms with E-state index in [4.69, 9.17) is 16.7 Å². The lowest BCUT2D eigenvalue weighted by Crippen LogP contribution is -2.05. The smallest absolute Gasteiger partial charge is 0.352 e. The number of halogens is 1. The molecule has 0 fully saturated rings. The van der Waals surface area contributed by atoms with Crippen LogP contribution in [0.1, 0.15) is 16.1 Å². The maximum Gasteiger partial charge on any atom is 0.352 e. The molecule has 1 N–H and O–H groups in total. The minimum absolute atomic E-state index is 0.250. The topological polar surface area (TPSA) is 55.1 Å². The molecule has 2 aromatic heterocycles. The van der Waals surface area contributed by atoms with Crippen LogP contribution in [0.5, 0.6) is 0 Å². The third kappa shape index (κ3) is 1.29. The molecule has 0 bridgehead atoms. The van der Waals surface area contributed by atoms with Crippen LogP contribution < -0.4 is 0 Å². The highest BCUT2D eigenvalue weighted by molar-refractivity contribution is 6.34. The number of fused-ring (bicyclic) bond motifs is 1. The second kappa shape index (κ2) is 3.24. The van der Waals surface area contributed by atoms with Crippen LogP contribution in [0.3, 0.4) is 0 Å². The van der Waals surface area contributed by atoms with E-state index in [0.29, 0.717) is 16.2 Å². The van der Waals surface area contributed by atoms with E-state index < -0.39 is 5.97 Å². The van der Waals surface area contributed by atoms with E-state index in [2.05, 4.69) is 4.98 Å². The Morgan fingerprint density at radius 2 is 2.27 bits per heavy atom. The van der Waals surface area contributed by atoms with Gasteiger partial charge in [-0.05, 0) is 18.6 Å². The van der Waals surface area contributed by atoms with E-state index in [1.54, 1.807) is 30.8 Å². The van der Waals surface area contributed by atoms with Gasteiger partial charge in [-0.2, -0.15) is 0 Å². The highest BCUT2D eigenvalue weighted by Gasteiger charge is 2.18. The summed E-state index contributed by atoms with van der Waals surface area (Å²) in [6.45, 7) is 1.77. The average molecular weight is 225 g/mol. The maximum atomic E-state index is 11.0. The van der Waals surface area contributed by atoms with Crippen LogP contribution in [-0.4, -0.2) is 20.6 Å². The number of carboxylic acids is 1. The van der Waals surface area contributed by atoms with Crippen molar-refractivity contribution < 1.29 is 9.90 Å². The van der Waals surface area contributed by atoms with Gasteiger partial charge in [-0.25, -0.2) is 9.78 Å². The van der Waals surface area contributed by atoms with Crippen LogP contribution in [0.4, 0.5) is 0 Å². The van der Waals surface area contributed by atoms with E-state index in [9.17, 15) is 4.79 Å². The summed E-state index contributed by atoms with van der Waals surface area (Å²) in [5.41, 5.74) is 1.62. The fourth-order valence-corrected chi connectivity index (χ4v) is 2.13. The summed E-state index contributed by atoms with van der Waals surface area (Å²) in [7, 11) is 1.67. The van der Waals surface area contributed by atoms with Gasteiger partial charge < -0.3 is 9.67 Å². The van der Waals surface area contributed by atoms with Crippen LogP contribution in [0.15, 0.2) is 12.3 Å². The Hall–Kier alpha value is -1.55. The van der Waals surface area contributed by atoms with Gasteiger partial charge in [0.2, 0.25) is 0 Å². The predicted octanol–water partition coefficient (Wildman–Crippen LogP) is 2.23. The van der Waals surface area contributed by atoms with Crippen molar-refractivity contribution in [3.8, 4) is 0 Å². The van der Waals surface area contributed by atoms with E-state index >= 15 is 0 Å². The van der Waals surface area contributed by atoms with Crippen LogP contribution in [0, 0.1) is 6.92 Å². The fourth-order valence-electron chi connectivity index (χ4n) is 1.84. The number of aryl methyl sites for hydroxylation is 2. The zero-order valence-electron chi connectivity index (χ0n) is 8.28. The molecule has 15 heavy (non-hydrogen) atoms. The van der Waals surface area contributed by atoms with Crippen LogP contribution in [0.25, 0.3) is 10.9 Å². The summed E-state index contributed by atoms with van der Waals surface area (Å²) in [6.07, 6.45) is 1.57. The Morgan fingerprint density at radius 3 is 2.80 bits per heavy atom. The maximum absolute atomic E-state index is 11.0. The van der Waals surface area contributed by atoms with E-state index in [0.717, 1.165) is 5.39 Å². The van der Waals surface area contributed by atoms with E-state index in [1.165, 1.54) is 0 Å². The van der Waals surface area contributed by atoms with Crippen molar-refractivity contribution in [2.24, 2.45) is 7.05 Å². The normalized spacial score (nSPS) is 10.9. The molecule has 2 heterocycles. The molecule has 0 aromatic carbocycles. The van der Waals surface area contributed by atoms with Gasteiger partial charge >= 0.3 is 5.97 Å². The third-order valence-corrected chi connectivity index (χ3v) is 2.79. The molecule has 0 aliphatic rings. The molecule has 2 aromatic rings. The summed E-state index contributed by atoms with van der Waals surface area (Å²) in [6, 6.07) is 1.77. The summed E-state index contributed by atoms with van der Waals surface area (Å²) >= 11 is 5.93. The number of nitrogens with zero attached hydrogens (tertiary/aromatic N) is 2. The lowest BCUT2D eigenvalue weighted by molar-refractivity contribution is 0.0686. The summed E-state index contributed by atoms with van der Waals surface area (Å²) in [5.74, 6) is -0.956. The number of carboxylic acid groups (broad SMARTS) is 1. The van der Waals surface area contributed by atoms with Gasteiger partial charge in [-0.1, -0.05) is 11.6 Å².